The van der Waals surface area contributed by atoms with E-state index >= 15 is 0 Å². The summed E-state index contributed by atoms with van der Waals surface area (Å²) in [6, 6.07) is 59.4. The van der Waals surface area contributed by atoms with Crippen molar-refractivity contribution in [3.8, 4) is 56.2 Å². The number of pyridine rings is 1. The van der Waals surface area contributed by atoms with Crippen LogP contribution in [0.4, 0.5) is 0 Å². The van der Waals surface area contributed by atoms with Gasteiger partial charge in [0, 0.05) is 64.8 Å². The zero-order valence-electron chi connectivity index (χ0n) is 28.9. The Labute approximate surface area is 314 Å². The van der Waals surface area contributed by atoms with Gasteiger partial charge >= 0.3 is 0 Å². The lowest BCUT2D eigenvalue weighted by Crippen LogP contribution is -1.96. The Kier molecular flexibility index (Phi) is 7.00. The molecule has 54 heavy (non-hydrogen) atoms. The van der Waals surface area contributed by atoms with Crippen molar-refractivity contribution >= 4 is 64.4 Å². The summed E-state index contributed by atoms with van der Waals surface area (Å²) in [4.78, 5) is 15.0. The molecule has 0 aliphatic heterocycles. The van der Waals surface area contributed by atoms with Gasteiger partial charge in [-0.1, -0.05) is 121 Å². The maximum Gasteiger partial charge on any atom is 0.160 e. The number of fused-ring (bicyclic) bond motifs is 7. The summed E-state index contributed by atoms with van der Waals surface area (Å²) in [5, 5.41) is 5.77. The molecule has 0 fully saturated rings. The van der Waals surface area contributed by atoms with E-state index in [0.717, 1.165) is 83.2 Å². The van der Waals surface area contributed by atoms with Crippen LogP contribution in [-0.2, 0) is 0 Å². The van der Waals surface area contributed by atoms with Crippen molar-refractivity contribution in [1.29, 1.82) is 0 Å². The van der Waals surface area contributed by atoms with Crippen molar-refractivity contribution in [3.05, 3.63) is 176 Å². The summed E-state index contributed by atoms with van der Waals surface area (Å²) >= 11 is 1.83. The topological polar surface area (TPSA) is 51.8 Å². The van der Waals surface area contributed by atoms with Crippen LogP contribution in [0.3, 0.4) is 0 Å². The number of para-hydroxylation sites is 2. The van der Waals surface area contributed by atoms with Crippen LogP contribution >= 0.6 is 11.3 Å². The Morgan fingerprint density at radius 3 is 2.00 bits per heavy atom. The van der Waals surface area contributed by atoms with Crippen molar-refractivity contribution in [3.63, 3.8) is 0 Å². The van der Waals surface area contributed by atoms with Gasteiger partial charge in [0.1, 0.15) is 11.2 Å². The molecular formula is C49H29N3OS. The molecule has 0 radical (unpaired) electrons. The lowest BCUT2D eigenvalue weighted by atomic mass is 9.95. The number of aromatic nitrogens is 3. The number of benzene rings is 7. The van der Waals surface area contributed by atoms with E-state index in [1.165, 1.54) is 20.2 Å². The van der Waals surface area contributed by atoms with Crippen molar-refractivity contribution in [2.75, 3.05) is 0 Å². The second kappa shape index (κ2) is 12.3. The van der Waals surface area contributed by atoms with E-state index in [1.54, 1.807) is 0 Å². The quantitative estimate of drug-likeness (QED) is 0.179. The molecule has 4 nitrogen and oxygen atoms in total. The number of nitrogens with zero attached hydrogens (tertiary/aromatic N) is 3. The number of rotatable bonds is 5. The van der Waals surface area contributed by atoms with Crippen molar-refractivity contribution in [2.45, 2.75) is 0 Å². The number of furan rings is 1. The predicted octanol–water partition coefficient (Wildman–Crippen LogP) is 13.6. The standard InChI is InChI=1S/C49H29N3OS/c1-2-10-31(11-3-1)42-29-43(52-49(51-42)32-20-18-30(19-21-32)34-26-27-50-41-15-7-4-12-36(34)41)38-24-23-35(48-47(38)39-14-5-8-16-44(39)53-48)33-22-25-46-40(28-33)37-13-6-9-17-45(37)54-46/h1-29H. The Morgan fingerprint density at radius 1 is 0.426 bits per heavy atom. The molecule has 5 heteroatoms. The fourth-order valence-corrected chi connectivity index (χ4v) is 8.87. The number of thiophene rings is 1. The predicted molar refractivity (Wildman–Crippen MR) is 225 cm³/mol. The molecule has 0 N–H and O–H groups in total. The van der Waals surface area contributed by atoms with Crippen LogP contribution in [0.1, 0.15) is 0 Å². The first-order chi connectivity index (χ1) is 26.7. The molecule has 7 aromatic carbocycles. The minimum Gasteiger partial charge on any atom is -0.455 e. The zero-order chi connectivity index (χ0) is 35.6. The molecule has 4 aromatic heterocycles. The highest BCUT2D eigenvalue weighted by molar-refractivity contribution is 7.25. The molecule has 0 atom stereocenters. The van der Waals surface area contributed by atoms with Crippen LogP contribution < -0.4 is 0 Å². The Hall–Kier alpha value is -6.95. The Morgan fingerprint density at radius 2 is 1.11 bits per heavy atom. The summed E-state index contributed by atoms with van der Waals surface area (Å²) in [5.41, 5.74) is 11.8. The van der Waals surface area contributed by atoms with Crippen LogP contribution in [-0.4, -0.2) is 15.0 Å². The second-order valence-electron chi connectivity index (χ2n) is 13.6. The van der Waals surface area contributed by atoms with Gasteiger partial charge in [0.15, 0.2) is 5.82 Å². The summed E-state index contributed by atoms with van der Waals surface area (Å²) in [6.45, 7) is 0. The fraction of sp³-hybridized carbons (Fsp3) is 0. The molecule has 0 aliphatic rings. The lowest BCUT2D eigenvalue weighted by molar-refractivity contribution is 0.670. The van der Waals surface area contributed by atoms with Crippen molar-refractivity contribution in [1.82, 2.24) is 15.0 Å². The van der Waals surface area contributed by atoms with E-state index in [1.807, 2.05) is 47.9 Å². The lowest BCUT2D eigenvalue weighted by Gasteiger charge is -2.12. The Bertz CT molecular complexity index is 3210. The molecule has 0 saturated carbocycles. The van der Waals surface area contributed by atoms with Gasteiger partial charge in [0.05, 0.1) is 16.9 Å². The van der Waals surface area contributed by atoms with Crippen LogP contribution in [0, 0.1) is 0 Å². The number of hydrogen-bond donors (Lipinski definition) is 0. The van der Waals surface area contributed by atoms with Crippen LogP contribution in [0.2, 0.25) is 0 Å². The molecule has 4 heterocycles. The fourth-order valence-electron chi connectivity index (χ4n) is 7.78. The molecule has 0 amide bonds. The summed E-state index contributed by atoms with van der Waals surface area (Å²) in [7, 11) is 0. The third-order valence-corrected chi connectivity index (χ3v) is 11.5. The Balaban J connectivity index is 1.10. The van der Waals surface area contributed by atoms with Crippen LogP contribution in [0.25, 0.3) is 109 Å². The average Bonchev–Trinajstić information content (AvgIpc) is 3.82. The van der Waals surface area contributed by atoms with Gasteiger partial charge in [-0.3, -0.25) is 4.98 Å². The van der Waals surface area contributed by atoms with Gasteiger partial charge in [-0.25, -0.2) is 9.97 Å². The third kappa shape index (κ3) is 5.01. The summed E-state index contributed by atoms with van der Waals surface area (Å²) in [6.07, 6.45) is 1.87. The maximum atomic E-state index is 6.75. The second-order valence-corrected chi connectivity index (χ2v) is 14.6. The highest BCUT2D eigenvalue weighted by Crippen LogP contribution is 2.44. The van der Waals surface area contributed by atoms with Gasteiger partial charge < -0.3 is 4.42 Å². The average molecular weight is 708 g/mol. The van der Waals surface area contributed by atoms with E-state index in [9.17, 15) is 0 Å². The molecule has 0 saturated heterocycles. The highest BCUT2D eigenvalue weighted by atomic mass is 32.1. The van der Waals surface area contributed by atoms with Crippen LogP contribution in [0.15, 0.2) is 180 Å². The van der Waals surface area contributed by atoms with Crippen molar-refractivity contribution < 1.29 is 4.42 Å². The minimum atomic E-state index is 0.664. The molecule has 11 aromatic rings. The smallest absolute Gasteiger partial charge is 0.160 e. The van der Waals surface area contributed by atoms with E-state index in [4.69, 9.17) is 14.4 Å². The molecule has 252 valence electrons. The SMILES string of the molecule is c1ccc(-c2cc(-c3ccc(-c4ccc5sc6ccccc6c5c4)c4oc5ccccc5c34)nc(-c3ccc(-c4ccnc5ccccc45)cc3)n2)cc1. The van der Waals surface area contributed by atoms with Gasteiger partial charge in [-0.15, -0.1) is 11.3 Å². The minimum absolute atomic E-state index is 0.664. The third-order valence-electron chi connectivity index (χ3n) is 10.4. The monoisotopic (exact) mass is 707 g/mol. The highest BCUT2D eigenvalue weighted by Gasteiger charge is 2.20. The van der Waals surface area contributed by atoms with Gasteiger partial charge in [-0.2, -0.15) is 0 Å². The first-order valence-electron chi connectivity index (χ1n) is 18.0. The normalized spacial score (nSPS) is 11.7. The molecule has 0 bridgehead atoms. The molecular weight excluding hydrogens is 679 g/mol. The molecule has 11 rings (SSSR count). The first kappa shape index (κ1) is 30.7. The molecule has 0 unspecified atom stereocenters. The number of hydrogen-bond acceptors (Lipinski definition) is 5. The molecule has 0 spiro atoms. The molecule has 0 aliphatic carbocycles. The van der Waals surface area contributed by atoms with Crippen LogP contribution in [0.5, 0.6) is 0 Å². The van der Waals surface area contributed by atoms with E-state index in [2.05, 4.69) is 145 Å². The van der Waals surface area contributed by atoms with E-state index in [0.29, 0.717) is 5.82 Å². The summed E-state index contributed by atoms with van der Waals surface area (Å²) in [5.74, 6) is 0.664. The first-order valence-corrected chi connectivity index (χ1v) is 18.8. The van der Waals surface area contributed by atoms with Gasteiger partial charge in [-0.05, 0) is 65.2 Å². The largest absolute Gasteiger partial charge is 0.455 e. The zero-order valence-corrected chi connectivity index (χ0v) is 29.7. The van der Waals surface area contributed by atoms with E-state index in [-0.39, 0.29) is 0 Å². The maximum absolute atomic E-state index is 6.75. The van der Waals surface area contributed by atoms with Gasteiger partial charge in [0.25, 0.3) is 0 Å². The summed E-state index contributed by atoms with van der Waals surface area (Å²) < 4.78 is 9.33. The van der Waals surface area contributed by atoms with Crippen molar-refractivity contribution in [2.24, 2.45) is 0 Å². The van der Waals surface area contributed by atoms with Gasteiger partial charge in [0.2, 0.25) is 0 Å². The van der Waals surface area contributed by atoms with E-state index < -0.39 is 0 Å².